The number of ether oxygens (including phenoxy) is 2. The van der Waals surface area contributed by atoms with Gasteiger partial charge in [-0.1, -0.05) is 42.9 Å². The third-order valence-electron chi connectivity index (χ3n) is 3.58. The molecule has 0 unspecified atom stereocenters. The van der Waals surface area contributed by atoms with Crippen molar-refractivity contribution in [2.24, 2.45) is 0 Å². The summed E-state index contributed by atoms with van der Waals surface area (Å²) in [5.41, 5.74) is 1.36. The van der Waals surface area contributed by atoms with E-state index in [1.54, 1.807) is 19.9 Å². The molecule has 6 nitrogen and oxygen atoms in total. The molecular formula is C20H24N2O4S. The van der Waals surface area contributed by atoms with Crippen molar-refractivity contribution in [1.29, 1.82) is 0 Å². The van der Waals surface area contributed by atoms with Crippen LogP contribution in [-0.4, -0.2) is 30.1 Å². The van der Waals surface area contributed by atoms with Gasteiger partial charge >= 0.3 is 5.97 Å². The van der Waals surface area contributed by atoms with Crippen LogP contribution in [-0.2, 0) is 9.53 Å². The molecule has 0 saturated heterocycles. The number of hydrogen-bond donors (Lipinski definition) is 1. The third kappa shape index (κ3) is 6.21. The molecule has 1 aromatic carbocycles. The SMILES string of the molecule is CCCCOc1ccccc1/C=C/C(=O)Nc1nc(C)c(C(=O)OCC)s1. The number of thiazole rings is 1. The summed E-state index contributed by atoms with van der Waals surface area (Å²) in [6.45, 7) is 6.49. The van der Waals surface area contributed by atoms with Crippen LogP contribution >= 0.6 is 11.3 Å². The van der Waals surface area contributed by atoms with Crippen LogP contribution in [0.15, 0.2) is 30.3 Å². The van der Waals surface area contributed by atoms with Crippen molar-refractivity contribution < 1.29 is 19.1 Å². The van der Waals surface area contributed by atoms with Crippen LogP contribution in [0.5, 0.6) is 5.75 Å². The number of nitrogens with one attached hydrogen (secondary N) is 1. The lowest BCUT2D eigenvalue weighted by Crippen LogP contribution is -2.07. The molecule has 7 heteroatoms. The number of hydrogen-bond acceptors (Lipinski definition) is 6. The summed E-state index contributed by atoms with van der Waals surface area (Å²) in [5, 5.41) is 3.03. The summed E-state index contributed by atoms with van der Waals surface area (Å²) in [6.07, 6.45) is 5.15. The fourth-order valence-corrected chi connectivity index (χ4v) is 3.09. The summed E-state index contributed by atoms with van der Waals surface area (Å²) in [7, 11) is 0. The Hall–Kier alpha value is -2.67. The smallest absolute Gasteiger partial charge is 0.350 e. The van der Waals surface area contributed by atoms with Crippen LogP contribution < -0.4 is 10.1 Å². The lowest BCUT2D eigenvalue weighted by Gasteiger charge is -2.08. The molecule has 2 aromatic rings. The predicted octanol–water partition coefficient (Wildman–Crippen LogP) is 4.46. The Kier molecular flexibility index (Phi) is 8.00. The van der Waals surface area contributed by atoms with Crippen molar-refractivity contribution in [3.05, 3.63) is 46.5 Å². The second-order valence-electron chi connectivity index (χ2n) is 5.72. The average molecular weight is 388 g/mol. The maximum atomic E-state index is 12.2. The van der Waals surface area contributed by atoms with E-state index in [-0.39, 0.29) is 5.91 Å². The molecule has 2 rings (SSSR count). The van der Waals surface area contributed by atoms with Gasteiger partial charge in [0, 0.05) is 11.6 Å². The molecule has 0 atom stereocenters. The first kappa shape index (κ1) is 20.6. The van der Waals surface area contributed by atoms with Gasteiger partial charge in [0.25, 0.3) is 0 Å². The number of carbonyl (C=O) groups is 2. The number of aromatic nitrogens is 1. The van der Waals surface area contributed by atoms with E-state index in [1.807, 2.05) is 24.3 Å². The van der Waals surface area contributed by atoms with Gasteiger partial charge in [-0.2, -0.15) is 0 Å². The van der Waals surface area contributed by atoms with E-state index in [2.05, 4.69) is 17.2 Å². The number of benzene rings is 1. The van der Waals surface area contributed by atoms with Crippen LogP contribution in [0.3, 0.4) is 0 Å². The third-order valence-corrected chi connectivity index (χ3v) is 4.63. The topological polar surface area (TPSA) is 77.5 Å². The van der Waals surface area contributed by atoms with Crippen molar-refractivity contribution in [2.75, 3.05) is 18.5 Å². The number of aryl methyl sites for hydroxylation is 1. The Balaban J connectivity index is 2.02. The molecule has 0 radical (unpaired) electrons. The Morgan fingerprint density at radius 3 is 2.78 bits per heavy atom. The van der Waals surface area contributed by atoms with E-state index in [0.717, 1.165) is 35.5 Å². The van der Waals surface area contributed by atoms with Crippen LogP contribution in [0.25, 0.3) is 6.08 Å². The molecule has 1 amide bonds. The minimum atomic E-state index is -0.429. The van der Waals surface area contributed by atoms with Gasteiger partial charge in [-0.15, -0.1) is 0 Å². The zero-order valence-corrected chi connectivity index (χ0v) is 16.6. The highest BCUT2D eigenvalue weighted by molar-refractivity contribution is 7.17. The standard InChI is InChI=1S/C20H24N2O4S/c1-4-6-13-26-16-10-8-7-9-15(16)11-12-17(23)22-20-21-14(3)18(27-20)19(24)25-5-2/h7-12H,4-6,13H2,1-3H3,(H,21,22,23)/b12-11+. The van der Waals surface area contributed by atoms with Gasteiger partial charge < -0.3 is 9.47 Å². The fourth-order valence-electron chi connectivity index (χ4n) is 2.22. The Morgan fingerprint density at radius 1 is 1.26 bits per heavy atom. The number of rotatable bonds is 9. The summed E-state index contributed by atoms with van der Waals surface area (Å²) in [5.74, 6) is -0.0195. The summed E-state index contributed by atoms with van der Waals surface area (Å²) >= 11 is 1.10. The summed E-state index contributed by atoms with van der Waals surface area (Å²) < 4.78 is 10.7. The van der Waals surface area contributed by atoms with Crippen LogP contribution in [0.2, 0.25) is 0 Å². The molecule has 0 aliphatic carbocycles. The highest BCUT2D eigenvalue weighted by atomic mass is 32.1. The minimum absolute atomic E-state index is 0.292. The predicted molar refractivity (Wildman–Crippen MR) is 107 cm³/mol. The molecule has 27 heavy (non-hydrogen) atoms. The van der Waals surface area contributed by atoms with E-state index in [9.17, 15) is 9.59 Å². The van der Waals surface area contributed by atoms with Gasteiger partial charge in [-0.3, -0.25) is 10.1 Å². The molecule has 0 aliphatic rings. The van der Waals surface area contributed by atoms with E-state index in [0.29, 0.717) is 28.9 Å². The number of anilines is 1. The van der Waals surface area contributed by atoms with Gasteiger partial charge in [0.15, 0.2) is 5.13 Å². The molecular weight excluding hydrogens is 364 g/mol. The van der Waals surface area contributed by atoms with Crippen molar-refractivity contribution in [2.45, 2.75) is 33.6 Å². The van der Waals surface area contributed by atoms with Crippen molar-refractivity contribution in [3.63, 3.8) is 0 Å². The first-order valence-electron chi connectivity index (χ1n) is 8.90. The molecule has 0 saturated carbocycles. The second-order valence-corrected chi connectivity index (χ2v) is 6.72. The van der Waals surface area contributed by atoms with Crippen molar-refractivity contribution in [1.82, 2.24) is 4.98 Å². The number of carbonyl (C=O) groups excluding carboxylic acids is 2. The maximum Gasteiger partial charge on any atom is 0.350 e. The van der Waals surface area contributed by atoms with Crippen molar-refractivity contribution >= 4 is 34.4 Å². The number of esters is 1. The molecule has 1 aromatic heterocycles. The van der Waals surface area contributed by atoms with Gasteiger partial charge in [0.05, 0.1) is 18.9 Å². The Morgan fingerprint density at radius 2 is 2.04 bits per heavy atom. The second kappa shape index (κ2) is 10.5. The largest absolute Gasteiger partial charge is 0.493 e. The molecule has 0 spiro atoms. The molecule has 144 valence electrons. The molecule has 0 bridgehead atoms. The molecule has 1 heterocycles. The molecule has 0 aliphatic heterocycles. The van der Waals surface area contributed by atoms with E-state index in [4.69, 9.17) is 9.47 Å². The van der Waals surface area contributed by atoms with E-state index >= 15 is 0 Å². The fraction of sp³-hybridized carbons (Fsp3) is 0.350. The monoisotopic (exact) mass is 388 g/mol. The van der Waals surface area contributed by atoms with Gasteiger partial charge in [0.2, 0.25) is 5.91 Å². The lowest BCUT2D eigenvalue weighted by atomic mass is 10.2. The van der Waals surface area contributed by atoms with Gasteiger partial charge in [0.1, 0.15) is 10.6 Å². The summed E-state index contributed by atoms with van der Waals surface area (Å²) in [6, 6.07) is 7.55. The summed E-state index contributed by atoms with van der Waals surface area (Å²) in [4.78, 5) is 28.6. The average Bonchev–Trinajstić information content (AvgIpc) is 3.01. The normalized spacial score (nSPS) is 10.8. The van der Waals surface area contributed by atoms with Gasteiger partial charge in [-0.25, -0.2) is 9.78 Å². The Bertz CT molecular complexity index is 814. The van der Waals surface area contributed by atoms with Crippen LogP contribution in [0, 0.1) is 6.92 Å². The van der Waals surface area contributed by atoms with Crippen molar-refractivity contribution in [3.8, 4) is 5.75 Å². The first-order valence-corrected chi connectivity index (χ1v) is 9.72. The quantitative estimate of drug-likeness (QED) is 0.390. The van der Waals surface area contributed by atoms with Crippen LogP contribution in [0.4, 0.5) is 5.13 Å². The van der Waals surface area contributed by atoms with E-state index in [1.165, 1.54) is 6.08 Å². The minimum Gasteiger partial charge on any atom is -0.493 e. The zero-order chi connectivity index (χ0) is 19.6. The zero-order valence-electron chi connectivity index (χ0n) is 15.8. The highest BCUT2D eigenvalue weighted by Gasteiger charge is 2.17. The molecule has 0 fully saturated rings. The maximum absolute atomic E-state index is 12.2. The van der Waals surface area contributed by atoms with Crippen LogP contribution in [0.1, 0.15) is 47.6 Å². The first-order chi connectivity index (χ1) is 13.0. The number of para-hydroxylation sites is 1. The van der Waals surface area contributed by atoms with Gasteiger partial charge in [-0.05, 0) is 32.4 Å². The number of amides is 1. The van der Waals surface area contributed by atoms with E-state index < -0.39 is 5.97 Å². The molecule has 1 N–H and O–H groups in total. The number of unbranched alkanes of at least 4 members (excludes halogenated alkanes) is 1. The highest BCUT2D eigenvalue weighted by Crippen LogP contribution is 2.24. The Labute approximate surface area is 163 Å². The lowest BCUT2D eigenvalue weighted by molar-refractivity contribution is -0.111. The number of nitrogens with zero attached hydrogens (tertiary/aromatic N) is 1.